The summed E-state index contributed by atoms with van der Waals surface area (Å²) in [5, 5.41) is 10.8. The van der Waals surface area contributed by atoms with Gasteiger partial charge in [0.1, 0.15) is 17.3 Å². The van der Waals surface area contributed by atoms with Crippen LogP contribution in [0.3, 0.4) is 0 Å². The van der Waals surface area contributed by atoms with Crippen molar-refractivity contribution in [1.29, 1.82) is 0 Å². The Hall–Kier alpha value is -4.36. The van der Waals surface area contributed by atoms with Crippen molar-refractivity contribution >= 4 is 44.8 Å². The molecular weight excluding hydrogens is 560 g/mol. The average Bonchev–Trinajstić information content (AvgIpc) is 3.17. The predicted octanol–water partition coefficient (Wildman–Crippen LogP) is 5.10. The SMILES string of the molecule is COc1cc(/C=C2\SC(=O)N(CCOc3ccc(C)cc3)C2=O)ccc1OS(=O)(=O)c1ccc(C)c([N+](=O)[O-])c1. The molecule has 0 saturated carbocycles. The number of hydrogen-bond donors (Lipinski definition) is 0. The van der Waals surface area contributed by atoms with E-state index in [2.05, 4.69) is 0 Å². The van der Waals surface area contributed by atoms with Crippen LogP contribution in [0.1, 0.15) is 16.7 Å². The second-order valence-corrected chi connectivity index (χ2v) is 11.2. The summed E-state index contributed by atoms with van der Waals surface area (Å²) in [4.78, 5) is 36.7. The third kappa shape index (κ3) is 6.43. The first-order valence-corrected chi connectivity index (χ1v) is 14.0. The average molecular weight is 585 g/mol. The molecular formula is C27H24N2O9S2. The highest BCUT2D eigenvalue weighted by Crippen LogP contribution is 2.36. The van der Waals surface area contributed by atoms with E-state index in [1.54, 1.807) is 12.1 Å². The number of nitrogens with zero attached hydrogens (tertiary/aromatic N) is 2. The van der Waals surface area contributed by atoms with Crippen LogP contribution in [-0.2, 0) is 14.9 Å². The van der Waals surface area contributed by atoms with E-state index < -0.39 is 31.1 Å². The first kappa shape index (κ1) is 28.6. The first-order valence-electron chi connectivity index (χ1n) is 11.8. The molecule has 1 saturated heterocycles. The Morgan fingerprint density at radius 2 is 1.73 bits per heavy atom. The molecule has 0 spiro atoms. The quantitative estimate of drug-likeness (QED) is 0.137. The van der Waals surface area contributed by atoms with Crippen molar-refractivity contribution < 1.29 is 36.6 Å². The zero-order valence-corrected chi connectivity index (χ0v) is 23.3. The number of nitro groups is 1. The molecule has 2 amide bonds. The highest BCUT2D eigenvalue weighted by molar-refractivity contribution is 8.18. The third-order valence-electron chi connectivity index (χ3n) is 5.83. The summed E-state index contributed by atoms with van der Waals surface area (Å²) in [5.74, 6) is 0.0179. The fraction of sp³-hybridized carbons (Fsp3) is 0.185. The monoisotopic (exact) mass is 584 g/mol. The van der Waals surface area contributed by atoms with Crippen LogP contribution in [0.2, 0.25) is 0 Å². The minimum absolute atomic E-state index is 0.0321. The number of aryl methyl sites for hydroxylation is 2. The van der Waals surface area contributed by atoms with Crippen molar-refractivity contribution in [2.75, 3.05) is 20.3 Å². The Kier molecular flexibility index (Phi) is 8.45. The standard InChI is InChI=1S/C27H24N2O9S2/c1-17-4-8-20(9-5-17)37-13-12-28-26(30)25(39-27(28)31)15-19-7-11-23(24(14-19)36-3)38-40(34,35)21-10-6-18(2)22(16-21)29(32)33/h4-11,14-16H,12-13H2,1-3H3/b25-15-. The predicted molar refractivity (Wildman–Crippen MR) is 148 cm³/mol. The van der Waals surface area contributed by atoms with Gasteiger partial charge in [-0.25, -0.2) is 0 Å². The molecule has 1 heterocycles. The van der Waals surface area contributed by atoms with Crippen molar-refractivity contribution in [2.24, 2.45) is 0 Å². The third-order valence-corrected chi connectivity index (χ3v) is 7.97. The van der Waals surface area contributed by atoms with Crippen LogP contribution in [-0.4, -0.2) is 49.6 Å². The van der Waals surface area contributed by atoms with E-state index in [4.69, 9.17) is 13.7 Å². The molecule has 1 aliphatic heterocycles. The Bertz CT molecular complexity index is 1620. The number of nitro benzene ring substituents is 1. The van der Waals surface area contributed by atoms with Gasteiger partial charge in [-0.3, -0.25) is 24.6 Å². The molecule has 0 unspecified atom stereocenters. The van der Waals surface area contributed by atoms with E-state index in [1.165, 1.54) is 50.4 Å². The number of thioether (sulfide) groups is 1. The molecule has 3 aromatic carbocycles. The van der Waals surface area contributed by atoms with Crippen LogP contribution in [0.25, 0.3) is 6.08 Å². The molecule has 1 fully saturated rings. The number of carbonyl (C=O) groups is 2. The summed E-state index contributed by atoms with van der Waals surface area (Å²) in [7, 11) is -3.13. The van der Waals surface area contributed by atoms with E-state index in [0.717, 1.165) is 28.3 Å². The largest absolute Gasteiger partial charge is 0.493 e. The second kappa shape index (κ2) is 11.8. The highest BCUT2D eigenvalue weighted by atomic mass is 32.2. The van der Waals surface area contributed by atoms with Gasteiger partial charge in [-0.15, -0.1) is 0 Å². The van der Waals surface area contributed by atoms with Crippen LogP contribution in [0.15, 0.2) is 70.5 Å². The molecule has 0 aromatic heterocycles. The van der Waals surface area contributed by atoms with Crippen LogP contribution in [0.4, 0.5) is 10.5 Å². The lowest BCUT2D eigenvalue weighted by molar-refractivity contribution is -0.385. The summed E-state index contributed by atoms with van der Waals surface area (Å²) in [6.07, 6.45) is 1.48. The van der Waals surface area contributed by atoms with E-state index in [1.807, 2.05) is 19.1 Å². The van der Waals surface area contributed by atoms with Gasteiger partial charge in [0.2, 0.25) is 0 Å². The van der Waals surface area contributed by atoms with E-state index in [9.17, 15) is 28.1 Å². The molecule has 3 aromatic rings. The van der Waals surface area contributed by atoms with Gasteiger partial charge in [0, 0.05) is 11.6 Å². The van der Waals surface area contributed by atoms with Crippen LogP contribution < -0.4 is 13.7 Å². The highest BCUT2D eigenvalue weighted by Gasteiger charge is 2.35. The van der Waals surface area contributed by atoms with Gasteiger partial charge < -0.3 is 13.7 Å². The molecule has 13 heteroatoms. The number of amides is 2. The van der Waals surface area contributed by atoms with Gasteiger partial charge in [0.15, 0.2) is 11.5 Å². The summed E-state index contributed by atoms with van der Waals surface area (Å²) >= 11 is 0.775. The number of carbonyl (C=O) groups excluding carboxylic acids is 2. The van der Waals surface area contributed by atoms with Gasteiger partial charge in [0.25, 0.3) is 16.8 Å². The molecule has 40 heavy (non-hydrogen) atoms. The van der Waals surface area contributed by atoms with Crippen LogP contribution in [0, 0.1) is 24.0 Å². The Labute approximate surface area is 234 Å². The molecule has 0 N–H and O–H groups in total. The number of rotatable bonds is 10. The van der Waals surface area contributed by atoms with Crippen molar-refractivity contribution in [3.05, 3.63) is 92.4 Å². The van der Waals surface area contributed by atoms with Gasteiger partial charge in [0.05, 0.1) is 23.5 Å². The molecule has 11 nitrogen and oxygen atoms in total. The Morgan fingerprint density at radius 3 is 2.40 bits per heavy atom. The minimum Gasteiger partial charge on any atom is -0.493 e. The van der Waals surface area contributed by atoms with E-state index >= 15 is 0 Å². The van der Waals surface area contributed by atoms with Gasteiger partial charge in [-0.05, 0) is 67.6 Å². The number of benzene rings is 3. The summed E-state index contributed by atoms with van der Waals surface area (Å²) in [6.45, 7) is 3.65. The lowest BCUT2D eigenvalue weighted by atomic mass is 10.2. The maximum Gasteiger partial charge on any atom is 0.339 e. The van der Waals surface area contributed by atoms with E-state index in [-0.39, 0.29) is 35.2 Å². The molecule has 0 atom stereocenters. The van der Waals surface area contributed by atoms with Crippen LogP contribution >= 0.6 is 11.8 Å². The summed E-state index contributed by atoms with van der Waals surface area (Å²) in [5.41, 5.74) is 1.48. The molecule has 1 aliphatic rings. The zero-order valence-electron chi connectivity index (χ0n) is 21.7. The molecule has 0 bridgehead atoms. The number of imide groups is 1. The number of hydrogen-bond acceptors (Lipinski definition) is 10. The molecule has 4 rings (SSSR count). The normalized spacial score (nSPS) is 14.5. The Balaban J connectivity index is 1.47. The summed E-state index contributed by atoms with van der Waals surface area (Å²) in [6, 6.07) is 15.1. The fourth-order valence-electron chi connectivity index (χ4n) is 3.68. The minimum atomic E-state index is -4.43. The lowest BCUT2D eigenvalue weighted by Crippen LogP contribution is -2.32. The smallest absolute Gasteiger partial charge is 0.339 e. The maximum atomic E-state index is 12.8. The first-order chi connectivity index (χ1) is 19.0. The molecule has 0 radical (unpaired) electrons. The van der Waals surface area contributed by atoms with Crippen molar-refractivity contribution in [1.82, 2.24) is 4.90 Å². The van der Waals surface area contributed by atoms with Crippen molar-refractivity contribution in [2.45, 2.75) is 18.7 Å². The van der Waals surface area contributed by atoms with Gasteiger partial charge in [-0.2, -0.15) is 8.42 Å². The van der Waals surface area contributed by atoms with Crippen molar-refractivity contribution in [3.63, 3.8) is 0 Å². The lowest BCUT2D eigenvalue weighted by Gasteiger charge is -2.13. The molecule has 208 valence electrons. The Morgan fingerprint density at radius 1 is 1.00 bits per heavy atom. The fourth-order valence-corrected chi connectivity index (χ4v) is 5.51. The molecule has 0 aliphatic carbocycles. The number of ether oxygens (including phenoxy) is 2. The van der Waals surface area contributed by atoms with Crippen LogP contribution in [0.5, 0.6) is 17.2 Å². The second-order valence-electron chi connectivity index (χ2n) is 8.65. The van der Waals surface area contributed by atoms with Gasteiger partial charge >= 0.3 is 10.1 Å². The topological polar surface area (TPSA) is 142 Å². The maximum absolute atomic E-state index is 12.8. The van der Waals surface area contributed by atoms with E-state index in [0.29, 0.717) is 16.9 Å². The zero-order chi connectivity index (χ0) is 29.0. The van der Waals surface area contributed by atoms with Crippen molar-refractivity contribution in [3.8, 4) is 17.2 Å². The number of methoxy groups -OCH3 is 1. The summed E-state index contributed by atoms with van der Waals surface area (Å²) < 4.78 is 41.7. The van der Waals surface area contributed by atoms with Gasteiger partial charge in [-0.1, -0.05) is 29.8 Å².